The molecule has 2 atom stereocenters. The summed E-state index contributed by atoms with van der Waals surface area (Å²) in [5, 5.41) is 0. The first-order valence-corrected chi connectivity index (χ1v) is 10.2. The molecule has 2 heterocycles. The Morgan fingerprint density at radius 3 is 2.31 bits per heavy atom. The van der Waals surface area contributed by atoms with E-state index >= 15 is 0 Å². The van der Waals surface area contributed by atoms with E-state index in [1.54, 1.807) is 14.2 Å². The summed E-state index contributed by atoms with van der Waals surface area (Å²) in [5.41, 5.74) is 2.86. The van der Waals surface area contributed by atoms with Gasteiger partial charge in [-0.25, -0.2) is 0 Å². The summed E-state index contributed by atoms with van der Waals surface area (Å²) in [5.74, 6) is 3.15. The van der Waals surface area contributed by atoms with Gasteiger partial charge in [0.05, 0.1) is 14.2 Å². The molecular formula is C22H36N2O2. The molecule has 2 aliphatic heterocycles. The number of hydrogen-bond donors (Lipinski definition) is 0. The molecule has 0 saturated carbocycles. The van der Waals surface area contributed by atoms with Crippen LogP contribution >= 0.6 is 0 Å². The van der Waals surface area contributed by atoms with Crippen LogP contribution in [0.2, 0.25) is 0 Å². The molecule has 4 nitrogen and oxygen atoms in total. The van der Waals surface area contributed by atoms with Crippen LogP contribution < -0.4 is 9.47 Å². The van der Waals surface area contributed by atoms with E-state index in [0.717, 1.165) is 36.9 Å². The van der Waals surface area contributed by atoms with Crippen LogP contribution in [-0.4, -0.2) is 56.2 Å². The molecule has 0 aliphatic carbocycles. The van der Waals surface area contributed by atoms with Crippen molar-refractivity contribution in [2.45, 2.75) is 52.6 Å². The van der Waals surface area contributed by atoms with E-state index in [2.05, 4.69) is 49.6 Å². The van der Waals surface area contributed by atoms with E-state index in [1.807, 2.05) is 0 Å². The Morgan fingerprint density at radius 1 is 1.00 bits per heavy atom. The van der Waals surface area contributed by atoms with Crippen molar-refractivity contribution in [1.29, 1.82) is 0 Å². The first-order chi connectivity index (χ1) is 12.4. The van der Waals surface area contributed by atoms with Gasteiger partial charge in [-0.15, -0.1) is 0 Å². The summed E-state index contributed by atoms with van der Waals surface area (Å²) in [7, 11) is 3.45. The van der Waals surface area contributed by atoms with Crippen LogP contribution in [0.1, 0.15) is 51.3 Å². The van der Waals surface area contributed by atoms with Gasteiger partial charge in [0.1, 0.15) is 0 Å². The zero-order valence-electron chi connectivity index (χ0n) is 17.4. The monoisotopic (exact) mass is 360 g/mol. The quantitative estimate of drug-likeness (QED) is 0.766. The van der Waals surface area contributed by atoms with Crippen LogP contribution in [0.15, 0.2) is 12.1 Å². The maximum Gasteiger partial charge on any atom is 0.161 e. The maximum absolute atomic E-state index is 5.59. The van der Waals surface area contributed by atoms with Crippen molar-refractivity contribution in [3.8, 4) is 11.5 Å². The highest BCUT2D eigenvalue weighted by Crippen LogP contribution is 2.40. The molecule has 0 amide bonds. The lowest BCUT2D eigenvalue weighted by molar-refractivity contribution is 0.00769. The second-order valence-corrected chi connectivity index (χ2v) is 8.80. The van der Waals surface area contributed by atoms with E-state index < -0.39 is 0 Å². The lowest BCUT2D eigenvalue weighted by Crippen LogP contribution is -2.57. The highest BCUT2D eigenvalue weighted by atomic mass is 16.5. The predicted molar refractivity (Wildman–Crippen MR) is 107 cm³/mol. The molecule has 146 valence electrons. The van der Waals surface area contributed by atoms with Crippen molar-refractivity contribution in [2.75, 3.05) is 40.4 Å². The number of nitrogens with zero attached hydrogens (tertiary/aromatic N) is 2. The van der Waals surface area contributed by atoms with Gasteiger partial charge < -0.3 is 9.47 Å². The normalized spacial score (nSPS) is 23.8. The van der Waals surface area contributed by atoms with E-state index in [9.17, 15) is 0 Å². The highest BCUT2D eigenvalue weighted by Gasteiger charge is 2.38. The lowest BCUT2D eigenvalue weighted by atomic mass is 9.87. The Hall–Kier alpha value is -1.26. The first-order valence-electron chi connectivity index (χ1n) is 10.2. The molecule has 1 aromatic carbocycles. The van der Waals surface area contributed by atoms with Gasteiger partial charge in [-0.2, -0.15) is 0 Å². The van der Waals surface area contributed by atoms with Crippen molar-refractivity contribution < 1.29 is 9.47 Å². The number of methoxy groups -OCH3 is 2. The van der Waals surface area contributed by atoms with Crippen LogP contribution in [0.4, 0.5) is 0 Å². The largest absolute Gasteiger partial charge is 0.493 e. The van der Waals surface area contributed by atoms with Crippen molar-refractivity contribution >= 4 is 0 Å². The zero-order chi connectivity index (χ0) is 18.8. The fourth-order valence-corrected chi connectivity index (χ4v) is 4.73. The number of fused-ring (bicyclic) bond motifs is 3. The molecule has 0 aromatic heterocycles. The minimum atomic E-state index is 0.473. The molecule has 0 bridgehead atoms. The molecule has 3 rings (SSSR count). The van der Waals surface area contributed by atoms with Crippen LogP contribution in [0.5, 0.6) is 11.5 Å². The van der Waals surface area contributed by atoms with Gasteiger partial charge in [-0.05, 0) is 47.9 Å². The standard InChI is InChI=1S/C22H36N2O2/c1-15(2)9-18-13-23-8-7-17-10-21(25-5)22(26-6)11-19(17)20(23)14-24(18)12-16(3)4/h10-11,15-16,18,20H,7-9,12-14H2,1-6H3/t18-,20?/m1/s1. The van der Waals surface area contributed by atoms with Gasteiger partial charge in [-0.1, -0.05) is 27.7 Å². The van der Waals surface area contributed by atoms with Crippen LogP contribution in [0, 0.1) is 11.8 Å². The minimum absolute atomic E-state index is 0.473. The minimum Gasteiger partial charge on any atom is -0.493 e. The summed E-state index contributed by atoms with van der Waals surface area (Å²) < 4.78 is 11.1. The topological polar surface area (TPSA) is 24.9 Å². The average Bonchev–Trinajstić information content (AvgIpc) is 2.60. The van der Waals surface area contributed by atoms with Gasteiger partial charge in [0.25, 0.3) is 0 Å². The zero-order valence-corrected chi connectivity index (χ0v) is 17.4. The third-order valence-electron chi connectivity index (χ3n) is 5.83. The molecule has 1 saturated heterocycles. The Balaban J connectivity index is 1.89. The fourth-order valence-electron chi connectivity index (χ4n) is 4.73. The third kappa shape index (κ3) is 4.01. The van der Waals surface area contributed by atoms with Gasteiger partial charge in [0, 0.05) is 38.3 Å². The van der Waals surface area contributed by atoms with E-state index in [4.69, 9.17) is 9.47 Å². The van der Waals surface area contributed by atoms with Crippen molar-refractivity contribution in [3.63, 3.8) is 0 Å². The molecule has 0 N–H and O–H groups in total. The van der Waals surface area contributed by atoms with E-state index in [-0.39, 0.29) is 0 Å². The predicted octanol–water partition coefficient (Wildman–Crippen LogP) is 3.99. The Kier molecular flexibility index (Phi) is 6.13. The van der Waals surface area contributed by atoms with Gasteiger partial charge in [-0.3, -0.25) is 9.80 Å². The Bertz CT molecular complexity index is 614. The molecular weight excluding hydrogens is 324 g/mol. The molecule has 4 heteroatoms. The summed E-state index contributed by atoms with van der Waals surface area (Å²) in [6.45, 7) is 14.0. The van der Waals surface area contributed by atoms with E-state index in [0.29, 0.717) is 18.0 Å². The molecule has 1 fully saturated rings. The smallest absolute Gasteiger partial charge is 0.161 e. The van der Waals surface area contributed by atoms with Crippen molar-refractivity contribution in [2.24, 2.45) is 11.8 Å². The molecule has 2 aliphatic rings. The Morgan fingerprint density at radius 2 is 1.69 bits per heavy atom. The maximum atomic E-state index is 5.59. The highest BCUT2D eigenvalue weighted by molar-refractivity contribution is 5.49. The third-order valence-corrected chi connectivity index (χ3v) is 5.83. The average molecular weight is 361 g/mol. The van der Waals surface area contributed by atoms with Gasteiger partial charge in [0.2, 0.25) is 0 Å². The van der Waals surface area contributed by atoms with E-state index in [1.165, 1.54) is 30.6 Å². The summed E-state index contributed by atoms with van der Waals surface area (Å²) in [4.78, 5) is 5.45. The molecule has 0 spiro atoms. The second-order valence-electron chi connectivity index (χ2n) is 8.80. The number of benzene rings is 1. The fraction of sp³-hybridized carbons (Fsp3) is 0.727. The van der Waals surface area contributed by atoms with Crippen LogP contribution in [-0.2, 0) is 6.42 Å². The number of hydrogen-bond acceptors (Lipinski definition) is 4. The second kappa shape index (κ2) is 8.18. The number of rotatable bonds is 6. The first kappa shape index (κ1) is 19.5. The molecule has 26 heavy (non-hydrogen) atoms. The van der Waals surface area contributed by atoms with Crippen LogP contribution in [0.3, 0.4) is 0 Å². The SMILES string of the molecule is COc1cc2c(cc1OC)C1CN(CC(C)C)[C@H](CC(C)C)CN1CC2. The van der Waals surface area contributed by atoms with Gasteiger partial charge in [0.15, 0.2) is 11.5 Å². The van der Waals surface area contributed by atoms with Gasteiger partial charge >= 0.3 is 0 Å². The Labute approximate surface area is 159 Å². The molecule has 0 radical (unpaired) electrons. The van der Waals surface area contributed by atoms with Crippen molar-refractivity contribution in [1.82, 2.24) is 9.80 Å². The summed E-state index contributed by atoms with van der Waals surface area (Å²) in [6.07, 6.45) is 2.39. The molecule has 1 aromatic rings. The van der Waals surface area contributed by atoms with Crippen LogP contribution in [0.25, 0.3) is 0 Å². The molecule has 1 unspecified atom stereocenters. The summed E-state index contributed by atoms with van der Waals surface area (Å²) >= 11 is 0. The van der Waals surface area contributed by atoms with Crippen molar-refractivity contribution in [3.05, 3.63) is 23.3 Å². The summed E-state index contributed by atoms with van der Waals surface area (Å²) in [6, 6.07) is 5.57. The number of piperazine rings is 1. The lowest BCUT2D eigenvalue weighted by Gasteiger charge is -2.50. The number of ether oxygens (including phenoxy) is 2.